The molecule has 0 radical (unpaired) electrons. The highest BCUT2D eigenvalue weighted by atomic mass is 16.2. The van der Waals surface area contributed by atoms with Crippen LogP contribution in [0.1, 0.15) is 40.0 Å². The predicted octanol–water partition coefficient (Wildman–Crippen LogP) is 2.67. The number of amides is 3. The van der Waals surface area contributed by atoms with Crippen molar-refractivity contribution in [1.29, 1.82) is 0 Å². The second-order valence-electron chi connectivity index (χ2n) is 8.09. The van der Waals surface area contributed by atoms with Gasteiger partial charge in [-0.2, -0.15) is 5.10 Å². The molecule has 2 aliphatic rings. The van der Waals surface area contributed by atoms with Gasteiger partial charge in [0.1, 0.15) is 6.04 Å². The van der Waals surface area contributed by atoms with Gasteiger partial charge in [-0.15, -0.1) is 0 Å². The van der Waals surface area contributed by atoms with Gasteiger partial charge in [-0.3, -0.25) is 24.4 Å². The van der Waals surface area contributed by atoms with Crippen molar-refractivity contribution in [2.75, 3.05) is 0 Å². The first kappa shape index (κ1) is 19.2. The number of fused-ring (bicyclic) bond motifs is 1. The highest BCUT2D eigenvalue weighted by Gasteiger charge is 2.39. The first-order valence-corrected chi connectivity index (χ1v) is 10.4. The summed E-state index contributed by atoms with van der Waals surface area (Å²) in [5, 5.41) is 7.10. The second-order valence-corrected chi connectivity index (χ2v) is 8.09. The van der Waals surface area contributed by atoms with E-state index in [4.69, 9.17) is 5.10 Å². The lowest BCUT2D eigenvalue weighted by Crippen LogP contribution is -2.52. The second kappa shape index (κ2) is 7.50. The lowest BCUT2D eigenvalue weighted by molar-refractivity contribution is -0.136. The first-order chi connectivity index (χ1) is 15.0. The molecule has 3 amide bonds. The van der Waals surface area contributed by atoms with E-state index in [1.807, 2.05) is 54.1 Å². The fourth-order valence-corrected chi connectivity index (χ4v) is 4.30. The van der Waals surface area contributed by atoms with Gasteiger partial charge in [-0.1, -0.05) is 36.4 Å². The van der Waals surface area contributed by atoms with E-state index in [2.05, 4.69) is 17.4 Å². The predicted molar refractivity (Wildman–Crippen MR) is 114 cm³/mol. The lowest BCUT2D eigenvalue weighted by Gasteiger charge is -2.29. The first-order valence-electron chi connectivity index (χ1n) is 10.4. The zero-order valence-electron chi connectivity index (χ0n) is 17.2. The Bertz CT molecular complexity index is 1200. The van der Waals surface area contributed by atoms with Gasteiger partial charge >= 0.3 is 0 Å². The number of rotatable bonds is 4. The number of hydrogen-bond acceptors (Lipinski definition) is 4. The molecule has 3 aromatic rings. The molecule has 5 rings (SSSR count). The molecule has 31 heavy (non-hydrogen) atoms. The number of nitrogens with one attached hydrogen (secondary N) is 1. The van der Waals surface area contributed by atoms with E-state index in [-0.39, 0.29) is 18.2 Å². The Balaban J connectivity index is 1.39. The third kappa shape index (κ3) is 3.52. The van der Waals surface area contributed by atoms with Crippen molar-refractivity contribution in [1.82, 2.24) is 20.0 Å². The van der Waals surface area contributed by atoms with Gasteiger partial charge in [0.05, 0.1) is 12.2 Å². The molecule has 0 saturated carbocycles. The SMILES string of the molecule is Cc1cc(-c2ccc3c(c2)CN(C2CCC(=O)NC2=O)C3=O)nn1Cc1ccccc1. The summed E-state index contributed by atoms with van der Waals surface area (Å²) in [5.74, 6) is -0.844. The number of carbonyl (C=O) groups is 3. The van der Waals surface area contributed by atoms with Gasteiger partial charge < -0.3 is 4.90 Å². The number of aryl methyl sites for hydroxylation is 1. The monoisotopic (exact) mass is 414 g/mol. The molecular weight excluding hydrogens is 392 g/mol. The van der Waals surface area contributed by atoms with Gasteiger partial charge in [0.2, 0.25) is 11.8 Å². The Morgan fingerprint density at radius 2 is 1.87 bits per heavy atom. The molecule has 1 unspecified atom stereocenters. The summed E-state index contributed by atoms with van der Waals surface area (Å²) in [7, 11) is 0. The average molecular weight is 414 g/mol. The van der Waals surface area contributed by atoms with Crippen molar-refractivity contribution < 1.29 is 14.4 Å². The molecule has 2 aromatic carbocycles. The van der Waals surface area contributed by atoms with Gasteiger partial charge in [-0.05, 0) is 42.7 Å². The van der Waals surface area contributed by atoms with Crippen molar-refractivity contribution >= 4 is 17.7 Å². The molecule has 0 aliphatic carbocycles. The van der Waals surface area contributed by atoms with E-state index in [9.17, 15) is 14.4 Å². The fourth-order valence-electron chi connectivity index (χ4n) is 4.30. The highest BCUT2D eigenvalue weighted by Crippen LogP contribution is 2.31. The molecule has 0 bridgehead atoms. The zero-order valence-corrected chi connectivity index (χ0v) is 17.2. The van der Waals surface area contributed by atoms with Crippen LogP contribution in [0.25, 0.3) is 11.3 Å². The summed E-state index contributed by atoms with van der Waals surface area (Å²) in [6.07, 6.45) is 0.611. The van der Waals surface area contributed by atoms with Crippen LogP contribution < -0.4 is 5.32 Å². The number of benzene rings is 2. The van der Waals surface area contributed by atoms with E-state index in [0.717, 1.165) is 22.5 Å². The fraction of sp³-hybridized carbons (Fsp3) is 0.250. The van der Waals surface area contributed by atoms with E-state index < -0.39 is 11.9 Å². The molecule has 1 aromatic heterocycles. The lowest BCUT2D eigenvalue weighted by atomic mass is 10.0. The molecule has 1 fully saturated rings. The van der Waals surface area contributed by atoms with E-state index in [0.29, 0.717) is 25.1 Å². The highest BCUT2D eigenvalue weighted by molar-refractivity contribution is 6.05. The Kier molecular flexibility index (Phi) is 4.66. The average Bonchev–Trinajstić information content (AvgIpc) is 3.28. The summed E-state index contributed by atoms with van der Waals surface area (Å²) >= 11 is 0. The molecule has 7 nitrogen and oxygen atoms in total. The van der Waals surface area contributed by atoms with Gasteiger partial charge in [-0.25, -0.2) is 0 Å². The molecule has 1 saturated heterocycles. The number of aromatic nitrogens is 2. The van der Waals surface area contributed by atoms with E-state index >= 15 is 0 Å². The van der Waals surface area contributed by atoms with Crippen molar-refractivity contribution in [2.45, 2.75) is 38.9 Å². The van der Waals surface area contributed by atoms with Crippen LogP contribution in [-0.4, -0.2) is 38.4 Å². The van der Waals surface area contributed by atoms with Gasteiger partial charge in [0.25, 0.3) is 5.91 Å². The van der Waals surface area contributed by atoms with Crippen molar-refractivity contribution in [3.63, 3.8) is 0 Å². The van der Waals surface area contributed by atoms with Crippen LogP contribution in [0.15, 0.2) is 54.6 Å². The summed E-state index contributed by atoms with van der Waals surface area (Å²) in [5.41, 5.74) is 5.51. The van der Waals surface area contributed by atoms with Crippen LogP contribution in [0.2, 0.25) is 0 Å². The maximum atomic E-state index is 12.9. The van der Waals surface area contributed by atoms with Crippen molar-refractivity contribution in [3.05, 3.63) is 77.0 Å². The minimum absolute atomic E-state index is 0.165. The topological polar surface area (TPSA) is 84.3 Å². The third-order valence-electron chi connectivity index (χ3n) is 5.98. The molecule has 2 aliphatic heterocycles. The summed E-state index contributed by atoms with van der Waals surface area (Å²) in [6, 6.07) is 17.3. The third-order valence-corrected chi connectivity index (χ3v) is 5.98. The maximum absolute atomic E-state index is 12.9. The van der Waals surface area contributed by atoms with E-state index in [1.165, 1.54) is 5.56 Å². The Hall–Kier alpha value is -3.74. The molecule has 3 heterocycles. The molecule has 156 valence electrons. The zero-order chi connectivity index (χ0) is 21.5. The summed E-state index contributed by atoms with van der Waals surface area (Å²) < 4.78 is 1.97. The van der Waals surface area contributed by atoms with Crippen LogP contribution in [-0.2, 0) is 22.7 Å². The number of piperidine rings is 1. The molecule has 7 heteroatoms. The molecule has 1 atom stereocenters. The van der Waals surface area contributed by atoms with Crippen LogP contribution >= 0.6 is 0 Å². The van der Waals surface area contributed by atoms with Gasteiger partial charge in [0.15, 0.2) is 0 Å². The largest absolute Gasteiger partial charge is 0.322 e. The number of carbonyl (C=O) groups excluding carboxylic acids is 3. The van der Waals surface area contributed by atoms with Crippen molar-refractivity contribution in [3.8, 4) is 11.3 Å². The minimum Gasteiger partial charge on any atom is -0.322 e. The summed E-state index contributed by atoms with van der Waals surface area (Å²) in [4.78, 5) is 38.1. The van der Waals surface area contributed by atoms with Gasteiger partial charge in [0, 0.05) is 29.8 Å². The number of hydrogen-bond donors (Lipinski definition) is 1. The Labute approximate surface area is 179 Å². The van der Waals surface area contributed by atoms with Crippen molar-refractivity contribution in [2.24, 2.45) is 0 Å². The maximum Gasteiger partial charge on any atom is 0.255 e. The number of imide groups is 1. The quantitative estimate of drug-likeness (QED) is 0.666. The van der Waals surface area contributed by atoms with Crippen LogP contribution in [0.4, 0.5) is 0 Å². The Morgan fingerprint density at radius 1 is 1.06 bits per heavy atom. The molecule has 0 spiro atoms. The van der Waals surface area contributed by atoms with Crippen LogP contribution in [0.5, 0.6) is 0 Å². The Morgan fingerprint density at radius 3 is 2.65 bits per heavy atom. The smallest absolute Gasteiger partial charge is 0.255 e. The standard InChI is InChI=1S/C24H22N4O3/c1-15-11-20(26-28(15)13-16-5-3-2-4-6-16)17-7-8-19-18(12-17)14-27(24(19)31)21-9-10-22(29)25-23(21)30/h2-8,11-12,21H,9-10,13-14H2,1H3,(H,25,29,30). The van der Waals surface area contributed by atoms with Crippen LogP contribution in [0, 0.1) is 6.92 Å². The summed E-state index contributed by atoms with van der Waals surface area (Å²) in [6.45, 7) is 3.08. The normalized spacial score (nSPS) is 18.3. The van der Waals surface area contributed by atoms with E-state index in [1.54, 1.807) is 4.90 Å². The molecular formula is C24H22N4O3. The van der Waals surface area contributed by atoms with Crippen LogP contribution in [0.3, 0.4) is 0 Å². The number of nitrogens with zero attached hydrogens (tertiary/aromatic N) is 3. The molecule has 1 N–H and O–H groups in total. The minimum atomic E-state index is -0.603.